The Bertz CT molecular complexity index is 228. The van der Waals surface area contributed by atoms with Crippen LogP contribution in [0.15, 0.2) is 0 Å². The van der Waals surface area contributed by atoms with E-state index in [0.717, 1.165) is 12.1 Å². The van der Waals surface area contributed by atoms with Crippen LogP contribution >= 0.6 is 11.8 Å². The van der Waals surface area contributed by atoms with Crippen LogP contribution in [-0.2, 0) is 0 Å². The normalized spacial score (nSPS) is 32.5. The van der Waals surface area contributed by atoms with Gasteiger partial charge in [-0.1, -0.05) is 0 Å². The highest BCUT2D eigenvalue weighted by molar-refractivity contribution is 8.00. The molecular weight excluding hydrogens is 228 g/mol. The highest BCUT2D eigenvalue weighted by atomic mass is 32.2. The zero-order valence-corrected chi connectivity index (χ0v) is 12.5. The minimum atomic E-state index is 0.523. The molecule has 0 aromatic carbocycles. The molecule has 3 heteroatoms. The molecule has 2 saturated heterocycles. The molecule has 0 amide bonds. The van der Waals surface area contributed by atoms with Gasteiger partial charge in [0.25, 0.3) is 0 Å². The van der Waals surface area contributed by atoms with Crippen molar-refractivity contribution in [2.45, 2.75) is 63.3 Å². The van der Waals surface area contributed by atoms with Gasteiger partial charge in [0.1, 0.15) is 0 Å². The van der Waals surface area contributed by atoms with Crippen molar-refractivity contribution in [1.29, 1.82) is 0 Å². The average Bonchev–Trinajstić information content (AvgIpc) is 2.75. The zero-order chi connectivity index (χ0) is 12.3. The fraction of sp³-hybridized carbons (Fsp3) is 1.00. The highest BCUT2D eigenvalue weighted by Gasteiger charge is 2.30. The summed E-state index contributed by atoms with van der Waals surface area (Å²) in [5.74, 6) is 1.37. The van der Waals surface area contributed by atoms with Gasteiger partial charge in [-0.05, 0) is 65.3 Å². The van der Waals surface area contributed by atoms with Crippen molar-refractivity contribution in [3.8, 4) is 0 Å². The van der Waals surface area contributed by atoms with Crippen LogP contribution in [0.3, 0.4) is 0 Å². The quantitative estimate of drug-likeness (QED) is 0.832. The standard InChI is InChI=1S/C14H28N2S/c1-12(2)16-8-5-13(6-9-16)15-11-14(3)7-4-10-17-14/h12-13,15H,4-11H2,1-3H3. The molecule has 1 N–H and O–H groups in total. The van der Waals surface area contributed by atoms with E-state index in [0.29, 0.717) is 4.75 Å². The van der Waals surface area contributed by atoms with Gasteiger partial charge in [0.05, 0.1) is 0 Å². The first-order valence-corrected chi connectivity index (χ1v) is 8.19. The number of piperidine rings is 1. The van der Waals surface area contributed by atoms with Crippen molar-refractivity contribution in [2.24, 2.45) is 0 Å². The van der Waals surface area contributed by atoms with E-state index in [9.17, 15) is 0 Å². The molecule has 2 heterocycles. The monoisotopic (exact) mass is 256 g/mol. The number of nitrogens with one attached hydrogen (secondary N) is 1. The summed E-state index contributed by atoms with van der Waals surface area (Å²) in [6.45, 7) is 10.8. The molecule has 0 radical (unpaired) electrons. The van der Waals surface area contributed by atoms with Gasteiger partial charge in [-0.3, -0.25) is 0 Å². The van der Waals surface area contributed by atoms with E-state index in [4.69, 9.17) is 0 Å². The first-order chi connectivity index (χ1) is 8.09. The van der Waals surface area contributed by atoms with Crippen molar-refractivity contribution in [3.05, 3.63) is 0 Å². The number of thioether (sulfide) groups is 1. The molecule has 1 unspecified atom stereocenters. The van der Waals surface area contributed by atoms with Gasteiger partial charge >= 0.3 is 0 Å². The third-order valence-corrected chi connectivity index (χ3v) is 5.86. The lowest BCUT2D eigenvalue weighted by Crippen LogP contribution is -2.47. The molecule has 0 aromatic rings. The Kier molecular flexibility index (Phi) is 4.79. The molecule has 2 aliphatic rings. The Hall–Kier alpha value is 0.270. The molecule has 2 rings (SSSR count). The smallest absolute Gasteiger partial charge is 0.0256 e. The number of hydrogen-bond acceptors (Lipinski definition) is 3. The van der Waals surface area contributed by atoms with Gasteiger partial charge < -0.3 is 10.2 Å². The fourth-order valence-electron chi connectivity index (χ4n) is 2.96. The first kappa shape index (κ1) is 13.7. The molecule has 0 bridgehead atoms. The summed E-state index contributed by atoms with van der Waals surface area (Å²) >= 11 is 2.17. The molecule has 2 fully saturated rings. The Morgan fingerprint density at radius 1 is 1.35 bits per heavy atom. The van der Waals surface area contributed by atoms with Crippen LogP contribution in [-0.4, -0.2) is 47.1 Å². The lowest BCUT2D eigenvalue weighted by atomic mass is 10.0. The predicted molar refractivity (Wildman–Crippen MR) is 77.8 cm³/mol. The van der Waals surface area contributed by atoms with Crippen molar-refractivity contribution >= 4 is 11.8 Å². The lowest BCUT2D eigenvalue weighted by molar-refractivity contribution is 0.160. The van der Waals surface area contributed by atoms with E-state index in [1.165, 1.54) is 51.1 Å². The van der Waals surface area contributed by atoms with E-state index < -0.39 is 0 Å². The fourth-order valence-corrected chi connectivity index (χ4v) is 4.21. The third kappa shape index (κ3) is 3.87. The molecule has 1 atom stereocenters. The SMILES string of the molecule is CC(C)N1CCC(NCC2(C)CCCS2)CC1. The summed E-state index contributed by atoms with van der Waals surface area (Å²) in [6.07, 6.45) is 5.47. The van der Waals surface area contributed by atoms with E-state index in [2.05, 4.69) is 42.7 Å². The summed E-state index contributed by atoms with van der Waals surface area (Å²) in [5.41, 5.74) is 0. The average molecular weight is 256 g/mol. The van der Waals surface area contributed by atoms with Gasteiger partial charge in [0.2, 0.25) is 0 Å². The van der Waals surface area contributed by atoms with Crippen LogP contribution in [0.2, 0.25) is 0 Å². The van der Waals surface area contributed by atoms with Crippen molar-refractivity contribution in [3.63, 3.8) is 0 Å². The topological polar surface area (TPSA) is 15.3 Å². The van der Waals surface area contributed by atoms with E-state index in [1.807, 2.05) is 0 Å². The van der Waals surface area contributed by atoms with Gasteiger partial charge in [0.15, 0.2) is 0 Å². The van der Waals surface area contributed by atoms with E-state index in [-0.39, 0.29) is 0 Å². The minimum Gasteiger partial charge on any atom is -0.313 e. The molecule has 0 saturated carbocycles. The lowest BCUT2D eigenvalue weighted by Gasteiger charge is -2.36. The van der Waals surface area contributed by atoms with Crippen LogP contribution in [0.1, 0.15) is 46.5 Å². The maximum Gasteiger partial charge on any atom is 0.0256 e. The Balaban J connectivity index is 1.68. The molecule has 2 nitrogen and oxygen atoms in total. The van der Waals surface area contributed by atoms with Crippen LogP contribution in [0.4, 0.5) is 0 Å². The van der Waals surface area contributed by atoms with Gasteiger partial charge in [-0.15, -0.1) is 0 Å². The van der Waals surface area contributed by atoms with Crippen molar-refractivity contribution in [1.82, 2.24) is 10.2 Å². The summed E-state index contributed by atoms with van der Waals surface area (Å²) in [4.78, 5) is 2.60. The zero-order valence-electron chi connectivity index (χ0n) is 11.7. The maximum absolute atomic E-state index is 3.82. The summed E-state index contributed by atoms with van der Waals surface area (Å²) in [7, 11) is 0. The molecule has 0 aromatic heterocycles. The van der Waals surface area contributed by atoms with Crippen LogP contribution in [0, 0.1) is 0 Å². The van der Waals surface area contributed by atoms with Gasteiger partial charge in [0, 0.05) is 23.4 Å². The van der Waals surface area contributed by atoms with E-state index >= 15 is 0 Å². The van der Waals surface area contributed by atoms with Crippen molar-refractivity contribution < 1.29 is 0 Å². The molecule has 100 valence electrons. The number of nitrogens with zero attached hydrogens (tertiary/aromatic N) is 1. The Morgan fingerprint density at radius 3 is 2.59 bits per heavy atom. The number of rotatable bonds is 4. The summed E-state index contributed by atoms with van der Waals surface area (Å²) in [5, 5.41) is 3.82. The number of hydrogen-bond donors (Lipinski definition) is 1. The Morgan fingerprint density at radius 2 is 2.06 bits per heavy atom. The molecule has 17 heavy (non-hydrogen) atoms. The minimum absolute atomic E-state index is 0.523. The Labute approximate surface area is 111 Å². The second-order valence-corrected chi connectivity index (χ2v) is 7.87. The van der Waals surface area contributed by atoms with Gasteiger partial charge in [-0.2, -0.15) is 11.8 Å². The second-order valence-electron chi connectivity index (χ2n) is 6.19. The largest absolute Gasteiger partial charge is 0.313 e. The second kappa shape index (κ2) is 5.94. The molecule has 0 spiro atoms. The van der Waals surface area contributed by atoms with Crippen LogP contribution < -0.4 is 5.32 Å². The predicted octanol–water partition coefficient (Wildman–Crippen LogP) is 2.73. The summed E-state index contributed by atoms with van der Waals surface area (Å²) in [6, 6.07) is 1.49. The van der Waals surface area contributed by atoms with Crippen LogP contribution in [0.5, 0.6) is 0 Å². The third-order valence-electron chi connectivity index (χ3n) is 4.33. The van der Waals surface area contributed by atoms with Crippen LogP contribution in [0.25, 0.3) is 0 Å². The highest BCUT2D eigenvalue weighted by Crippen LogP contribution is 2.37. The summed E-state index contributed by atoms with van der Waals surface area (Å²) < 4.78 is 0.523. The van der Waals surface area contributed by atoms with Crippen molar-refractivity contribution in [2.75, 3.05) is 25.4 Å². The number of likely N-dealkylation sites (tertiary alicyclic amines) is 1. The maximum atomic E-state index is 3.82. The van der Waals surface area contributed by atoms with Gasteiger partial charge in [-0.25, -0.2) is 0 Å². The first-order valence-electron chi connectivity index (χ1n) is 7.20. The molecular formula is C14H28N2S. The molecule has 0 aliphatic carbocycles. The van der Waals surface area contributed by atoms with E-state index in [1.54, 1.807) is 0 Å². The molecule has 2 aliphatic heterocycles.